The Hall–Kier alpha value is -1.36. The van der Waals surface area contributed by atoms with Gasteiger partial charge in [0.25, 0.3) is 5.91 Å². The molecular weight excluding hydrogens is 300 g/mol. The van der Waals surface area contributed by atoms with Crippen molar-refractivity contribution in [3.05, 3.63) is 17.5 Å². The first-order valence-electron chi connectivity index (χ1n) is 9.82. The molecule has 1 aromatic rings. The Morgan fingerprint density at radius 1 is 1.12 bits per heavy atom. The number of hydrogen-bond donors (Lipinski definition) is 1. The van der Waals surface area contributed by atoms with E-state index in [9.17, 15) is 4.79 Å². The number of rotatable bonds is 3. The van der Waals surface area contributed by atoms with Crippen molar-refractivity contribution in [2.24, 2.45) is 0 Å². The Bertz CT molecular complexity index is 572. The van der Waals surface area contributed by atoms with Crippen LogP contribution >= 0.6 is 0 Å². The van der Waals surface area contributed by atoms with Crippen LogP contribution in [0.2, 0.25) is 0 Å². The first kappa shape index (κ1) is 16.1. The van der Waals surface area contributed by atoms with Gasteiger partial charge in [-0.3, -0.25) is 14.8 Å². The lowest BCUT2D eigenvalue weighted by molar-refractivity contribution is 0.00203. The number of aromatic nitrogens is 2. The maximum Gasteiger partial charge on any atom is 0.257 e. The van der Waals surface area contributed by atoms with Gasteiger partial charge in [0.15, 0.2) is 0 Å². The second-order valence-corrected chi connectivity index (χ2v) is 7.98. The predicted octanol–water partition coefficient (Wildman–Crippen LogP) is 3.16. The van der Waals surface area contributed by atoms with Gasteiger partial charge in [-0.15, -0.1) is 0 Å². The van der Waals surface area contributed by atoms with Gasteiger partial charge in [-0.05, 0) is 39.2 Å². The van der Waals surface area contributed by atoms with Crippen LogP contribution < -0.4 is 0 Å². The summed E-state index contributed by atoms with van der Waals surface area (Å²) in [5.41, 5.74) is 1.92. The minimum atomic E-state index is 0.185. The fraction of sp³-hybridized carbons (Fsp3) is 0.789. The summed E-state index contributed by atoms with van der Waals surface area (Å²) in [7, 11) is 0. The largest absolute Gasteiger partial charge is 0.335 e. The summed E-state index contributed by atoms with van der Waals surface area (Å²) in [6.45, 7) is 5.31. The third-order valence-corrected chi connectivity index (χ3v) is 6.39. The lowest BCUT2D eigenvalue weighted by Gasteiger charge is -2.49. The Morgan fingerprint density at radius 3 is 2.62 bits per heavy atom. The average molecular weight is 330 g/mol. The molecule has 1 aromatic heterocycles. The van der Waals surface area contributed by atoms with Crippen molar-refractivity contribution in [2.75, 3.05) is 19.6 Å². The van der Waals surface area contributed by atoms with Crippen LogP contribution in [0.4, 0.5) is 0 Å². The van der Waals surface area contributed by atoms with Crippen molar-refractivity contribution < 1.29 is 4.79 Å². The van der Waals surface area contributed by atoms with Crippen molar-refractivity contribution in [3.8, 4) is 0 Å². The number of nitrogens with one attached hydrogen (secondary N) is 1. The van der Waals surface area contributed by atoms with Crippen LogP contribution in [-0.4, -0.2) is 57.6 Å². The van der Waals surface area contributed by atoms with Gasteiger partial charge in [0.2, 0.25) is 0 Å². The zero-order valence-electron chi connectivity index (χ0n) is 14.8. The molecule has 1 aliphatic carbocycles. The Balaban J connectivity index is 1.38. The highest BCUT2D eigenvalue weighted by Gasteiger charge is 2.38. The molecule has 0 radical (unpaired) electrons. The predicted molar refractivity (Wildman–Crippen MR) is 94.1 cm³/mol. The number of hydrogen-bond acceptors (Lipinski definition) is 3. The molecule has 1 saturated carbocycles. The van der Waals surface area contributed by atoms with E-state index in [-0.39, 0.29) is 5.91 Å². The lowest BCUT2D eigenvalue weighted by Crippen LogP contribution is -2.63. The molecular formula is C19H30N4O. The maximum atomic E-state index is 12.9. The van der Waals surface area contributed by atoms with Crippen LogP contribution in [0.3, 0.4) is 0 Å². The van der Waals surface area contributed by atoms with Crippen LogP contribution in [0.1, 0.15) is 80.3 Å². The van der Waals surface area contributed by atoms with Crippen LogP contribution in [0.25, 0.3) is 0 Å². The summed E-state index contributed by atoms with van der Waals surface area (Å²) in [6.07, 6.45) is 12.0. The molecule has 5 heteroatoms. The van der Waals surface area contributed by atoms with Crippen LogP contribution in [0.5, 0.6) is 0 Å². The summed E-state index contributed by atoms with van der Waals surface area (Å²) >= 11 is 0. The van der Waals surface area contributed by atoms with Crippen molar-refractivity contribution in [1.82, 2.24) is 20.0 Å². The summed E-state index contributed by atoms with van der Waals surface area (Å²) in [5, 5.41) is 7.33. The Morgan fingerprint density at radius 2 is 1.88 bits per heavy atom. The monoisotopic (exact) mass is 330 g/mol. The third kappa shape index (κ3) is 2.99. The molecule has 0 spiro atoms. The summed E-state index contributed by atoms with van der Waals surface area (Å²) < 4.78 is 0. The number of aromatic amines is 1. The van der Waals surface area contributed by atoms with E-state index in [0.29, 0.717) is 18.0 Å². The highest BCUT2D eigenvalue weighted by atomic mass is 16.2. The number of likely N-dealkylation sites (tertiary alicyclic amines) is 2. The lowest BCUT2D eigenvalue weighted by atomic mass is 9.85. The molecule has 0 aromatic carbocycles. The van der Waals surface area contributed by atoms with Gasteiger partial charge in [0.1, 0.15) is 0 Å². The van der Waals surface area contributed by atoms with E-state index in [4.69, 9.17) is 0 Å². The van der Waals surface area contributed by atoms with Gasteiger partial charge in [0, 0.05) is 31.1 Å². The zero-order valence-corrected chi connectivity index (χ0v) is 14.8. The first-order chi connectivity index (χ1) is 11.7. The molecule has 132 valence electrons. The normalized spacial score (nSPS) is 27.2. The van der Waals surface area contributed by atoms with E-state index in [1.807, 2.05) is 4.90 Å². The highest BCUT2D eigenvalue weighted by molar-refractivity contribution is 5.95. The average Bonchev–Trinajstić information content (AvgIpc) is 3.05. The van der Waals surface area contributed by atoms with Crippen molar-refractivity contribution in [3.63, 3.8) is 0 Å². The van der Waals surface area contributed by atoms with E-state index in [2.05, 4.69) is 22.0 Å². The third-order valence-electron chi connectivity index (χ3n) is 6.39. The number of amides is 1. The topological polar surface area (TPSA) is 52.2 Å². The highest BCUT2D eigenvalue weighted by Crippen LogP contribution is 2.34. The molecule has 5 nitrogen and oxygen atoms in total. The molecule has 1 atom stereocenters. The second-order valence-electron chi connectivity index (χ2n) is 7.98. The minimum absolute atomic E-state index is 0.185. The SMILES string of the molecule is CC1CCCCN1C1CN(C(=O)c2cn[nH]c2C2CCCCC2)C1. The molecule has 2 saturated heterocycles. The summed E-state index contributed by atoms with van der Waals surface area (Å²) in [4.78, 5) is 17.5. The number of H-pyrrole nitrogens is 1. The van der Waals surface area contributed by atoms with Crippen LogP contribution in [0.15, 0.2) is 6.20 Å². The smallest absolute Gasteiger partial charge is 0.257 e. The van der Waals surface area contributed by atoms with Gasteiger partial charge in [0.05, 0.1) is 17.5 Å². The maximum absolute atomic E-state index is 12.9. The van der Waals surface area contributed by atoms with Crippen LogP contribution in [-0.2, 0) is 0 Å². The number of carbonyl (C=O) groups excluding carboxylic acids is 1. The molecule has 24 heavy (non-hydrogen) atoms. The van der Waals surface area contributed by atoms with Gasteiger partial charge >= 0.3 is 0 Å². The van der Waals surface area contributed by atoms with Crippen molar-refractivity contribution >= 4 is 5.91 Å². The number of carbonyl (C=O) groups is 1. The van der Waals surface area contributed by atoms with Gasteiger partial charge < -0.3 is 4.90 Å². The van der Waals surface area contributed by atoms with Crippen LogP contribution in [0, 0.1) is 0 Å². The molecule has 1 N–H and O–H groups in total. The molecule has 1 unspecified atom stereocenters. The van der Waals surface area contributed by atoms with Crippen molar-refractivity contribution in [2.45, 2.75) is 76.3 Å². The standard InChI is InChI=1S/C19H30N4O/c1-14-7-5-6-10-23(14)16-12-22(13-16)19(24)17-11-20-21-18(17)15-8-3-2-4-9-15/h11,14-16H,2-10,12-13H2,1H3,(H,20,21). The molecule has 2 aliphatic heterocycles. The molecule has 3 fully saturated rings. The Labute approximate surface area is 144 Å². The Kier molecular flexibility index (Phi) is 4.61. The molecule has 3 heterocycles. The van der Waals surface area contributed by atoms with E-state index < -0.39 is 0 Å². The minimum Gasteiger partial charge on any atom is -0.335 e. The fourth-order valence-corrected chi connectivity index (χ4v) is 4.83. The number of nitrogens with zero attached hydrogens (tertiary/aromatic N) is 3. The van der Waals surface area contributed by atoms with Crippen molar-refractivity contribution in [1.29, 1.82) is 0 Å². The van der Waals surface area contributed by atoms with E-state index in [0.717, 1.165) is 24.3 Å². The molecule has 0 bridgehead atoms. The van der Waals surface area contributed by atoms with E-state index >= 15 is 0 Å². The second kappa shape index (κ2) is 6.87. The van der Waals surface area contributed by atoms with Gasteiger partial charge in [-0.1, -0.05) is 25.7 Å². The molecule has 4 rings (SSSR count). The zero-order chi connectivity index (χ0) is 16.5. The molecule has 3 aliphatic rings. The first-order valence-corrected chi connectivity index (χ1v) is 9.82. The summed E-state index contributed by atoms with van der Waals surface area (Å²) in [5.74, 6) is 0.685. The van der Waals surface area contributed by atoms with E-state index in [1.165, 1.54) is 57.9 Å². The summed E-state index contributed by atoms with van der Waals surface area (Å²) in [6, 6.07) is 1.24. The fourth-order valence-electron chi connectivity index (χ4n) is 4.83. The number of piperidine rings is 1. The van der Waals surface area contributed by atoms with Gasteiger partial charge in [-0.2, -0.15) is 5.10 Å². The van der Waals surface area contributed by atoms with E-state index in [1.54, 1.807) is 6.20 Å². The van der Waals surface area contributed by atoms with Gasteiger partial charge in [-0.25, -0.2) is 0 Å². The quantitative estimate of drug-likeness (QED) is 0.926. The molecule has 1 amide bonds.